The van der Waals surface area contributed by atoms with Crippen molar-refractivity contribution in [3.8, 4) is 5.69 Å². The van der Waals surface area contributed by atoms with Gasteiger partial charge in [0.1, 0.15) is 0 Å². The van der Waals surface area contributed by atoms with Crippen LogP contribution in [0.25, 0.3) is 5.69 Å². The molecule has 2 rings (SSSR count). The molecule has 2 heterocycles. The summed E-state index contributed by atoms with van der Waals surface area (Å²) in [6.45, 7) is 0. The lowest BCUT2D eigenvalue weighted by Gasteiger charge is -2.01. The Labute approximate surface area is 94.9 Å². The number of hydrogen-bond acceptors (Lipinski definition) is 2. The minimum atomic E-state index is 0.413. The van der Waals surface area contributed by atoms with Gasteiger partial charge >= 0.3 is 0 Å². The molecule has 5 heteroatoms. The average molecular weight is 273 g/mol. The lowest BCUT2D eigenvalue weighted by atomic mass is 10.3. The van der Waals surface area contributed by atoms with E-state index in [0.29, 0.717) is 5.88 Å². The number of aromatic nitrogens is 3. The minimum Gasteiger partial charge on any atom is -0.260 e. The van der Waals surface area contributed by atoms with Crippen molar-refractivity contribution in [1.82, 2.24) is 14.8 Å². The van der Waals surface area contributed by atoms with Gasteiger partial charge in [0, 0.05) is 12.4 Å². The van der Waals surface area contributed by atoms with Crippen LogP contribution < -0.4 is 0 Å². The minimum absolute atomic E-state index is 0.413. The van der Waals surface area contributed by atoms with Crippen LogP contribution in [0.3, 0.4) is 0 Å². The van der Waals surface area contributed by atoms with Crippen molar-refractivity contribution < 1.29 is 0 Å². The molecule has 0 aliphatic rings. The molecule has 2 aromatic heterocycles. The maximum absolute atomic E-state index is 5.69. The number of nitrogens with zero attached hydrogens (tertiary/aromatic N) is 3. The molecule has 0 spiro atoms. The molecule has 0 unspecified atom stereocenters. The van der Waals surface area contributed by atoms with E-state index in [4.69, 9.17) is 11.6 Å². The lowest BCUT2D eigenvalue weighted by Crippen LogP contribution is -1.96. The molecular weight excluding hydrogens is 265 g/mol. The van der Waals surface area contributed by atoms with Crippen LogP contribution in [0, 0.1) is 0 Å². The highest BCUT2D eigenvalue weighted by atomic mass is 79.9. The zero-order valence-electron chi connectivity index (χ0n) is 7.19. The van der Waals surface area contributed by atoms with Crippen molar-refractivity contribution in [2.45, 2.75) is 5.88 Å². The smallest absolute Gasteiger partial charge is 0.0679 e. The third-order valence-corrected chi connectivity index (χ3v) is 2.44. The van der Waals surface area contributed by atoms with Crippen LogP contribution in [0.15, 0.2) is 35.2 Å². The predicted octanol–water partition coefficient (Wildman–Crippen LogP) is 2.77. The topological polar surface area (TPSA) is 30.7 Å². The van der Waals surface area contributed by atoms with Crippen molar-refractivity contribution >= 4 is 27.5 Å². The Balaban J connectivity index is 2.41. The van der Waals surface area contributed by atoms with Gasteiger partial charge in [0.05, 0.1) is 27.9 Å². The van der Waals surface area contributed by atoms with E-state index in [1.807, 2.05) is 18.3 Å². The Bertz CT molecular complexity index is 441. The van der Waals surface area contributed by atoms with Crippen LogP contribution in [-0.4, -0.2) is 14.8 Å². The standard InChI is InChI=1S/C9H7BrClN3/c10-7-5-13-14(6-7)9-1-2-12-8(3-9)4-11/h1-3,5-6H,4H2. The normalized spacial score (nSPS) is 10.4. The molecule has 0 aliphatic heterocycles. The van der Waals surface area contributed by atoms with Crippen LogP contribution in [-0.2, 0) is 5.88 Å². The van der Waals surface area contributed by atoms with Gasteiger partial charge in [-0.3, -0.25) is 4.98 Å². The van der Waals surface area contributed by atoms with Gasteiger partial charge in [0.2, 0.25) is 0 Å². The number of pyridine rings is 1. The van der Waals surface area contributed by atoms with Crippen molar-refractivity contribution in [2.24, 2.45) is 0 Å². The molecule has 0 amide bonds. The summed E-state index contributed by atoms with van der Waals surface area (Å²) in [7, 11) is 0. The Morgan fingerprint density at radius 2 is 2.36 bits per heavy atom. The molecule has 0 bridgehead atoms. The van der Waals surface area contributed by atoms with E-state index in [1.165, 1.54) is 0 Å². The first-order valence-corrected chi connectivity index (χ1v) is 5.34. The summed E-state index contributed by atoms with van der Waals surface area (Å²) < 4.78 is 2.71. The molecular formula is C9H7BrClN3. The van der Waals surface area contributed by atoms with E-state index in [-0.39, 0.29) is 0 Å². The first-order chi connectivity index (χ1) is 6.79. The van der Waals surface area contributed by atoms with Gasteiger partial charge in [-0.1, -0.05) is 0 Å². The van der Waals surface area contributed by atoms with E-state index in [9.17, 15) is 0 Å². The second-order valence-corrected chi connectivity index (χ2v) is 3.93. The summed E-state index contributed by atoms with van der Waals surface area (Å²) in [5, 5.41) is 4.16. The molecule has 0 aliphatic carbocycles. The third-order valence-electron chi connectivity index (χ3n) is 1.75. The first-order valence-electron chi connectivity index (χ1n) is 4.01. The van der Waals surface area contributed by atoms with Gasteiger partial charge in [0.15, 0.2) is 0 Å². The Hall–Kier alpha value is -0.870. The molecule has 14 heavy (non-hydrogen) atoms. The molecule has 0 atom stereocenters. The second-order valence-electron chi connectivity index (χ2n) is 2.74. The van der Waals surface area contributed by atoms with Gasteiger partial charge in [-0.2, -0.15) is 5.10 Å². The fourth-order valence-corrected chi connectivity index (χ4v) is 1.55. The van der Waals surface area contributed by atoms with E-state index in [2.05, 4.69) is 26.0 Å². The Kier molecular flexibility index (Phi) is 2.84. The van der Waals surface area contributed by atoms with E-state index in [0.717, 1.165) is 15.9 Å². The summed E-state index contributed by atoms with van der Waals surface area (Å²) in [5.41, 5.74) is 1.80. The summed E-state index contributed by atoms with van der Waals surface area (Å²) in [5.74, 6) is 0.413. The largest absolute Gasteiger partial charge is 0.260 e. The van der Waals surface area contributed by atoms with Gasteiger partial charge in [-0.25, -0.2) is 4.68 Å². The molecule has 0 fully saturated rings. The van der Waals surface area contributed by atoms with Crippen LogP contribution >= 0.6 is 27.5 Å². The van der Waals surface area contributed by atoms with Gasteiger partial charge in [0.25, 0.3) is 0 Å². The van der Waals surface area contributed by atoms with E-state index >= 15 is 0 Å². The van der Waals surface area contributed by atoms with Gasteiger partial charge in [-0.05, 0) is 28.1 Å². The zero-order valence-corrected chi connectivity index (χ0v) is 9.53. The first kappa shape index (κ1) is 9.68. The fraction of sp³-hybridized carbons (Fsp3) is 0.111. The summed E-state index contributed by atoms with van der Waals surface area (Å²) >= 11 is 9.03. The molecule has 72 valence electrons. The van der Waals surface area contributed by atoms with Crippen molar-refractivity contribution in [3.63, 3.8) is 0 Å². The Morgan fingerprint density at radius 1 is 1.50 bits per heavy atom. The second kappa shape index (κ2) is 4.11. The maximum atomic E-state index is 5.69. The van der Waals surface area contributed by atoms with Crippen LogP contribution in [0.1, 0.15) is 5.69 Å². The predicted molar refractivity (Wildman–Crippen MR) is 58.6 cm³/mol. The number of hydrogen-bond donors (Lipinski definition) is 0. The molecule has 0 saturated carbocycles. The van der Waals surface area contributed by atoms with Gasteiger partial charge < -0.3 is 0 Å². The third kappa shape index (κ3) is 1.96. The quantitative estimate of drug-likeness (QED) is 0.787. The highest BCUT2D eigenvalue weighted by Gasteiger charge is 2.00. The van der Waals surface area contributed by atoms with Crippen molar-refractivity contribution in [2.75, 3.05) is 0 Å². The van der Waals surface area contributed by atoms with Crippen molar-refractivity contribution in [1.29, 1.82) is 0 Å². The van der Waals surface area contributed by atoms with E-state index < -0.39 is 0 Å². The summed E-state index contributed by atoms with van der Waals surface area (Å²) in [6.07, 6.45) is 5.34. The SMILES string of the molecule is ClCc1cc(-n2cc(Br)cn2)ccn1. The van der Waals surface area contributed by atoms with Gasteiger partial charge in [-0.15, -0.1) is 11.6 Å². The fourth-order valence-electron chi connectivity index (χ4n) is 1.12. The van der Waals surface area contributed by atoms with Crippen LogP contribution in [0.4, 0.5) is 0 Å². The average Bonchev–Trinajstić information content (AvgIpc) is 2.65. The molecule has 0 saturated heterocycles. The molecule has 2 aromatic rings. The number of rotatable bonds is 2. The summed E-state index contributed by atoms with van der Waals surface area (Å²) in [4.78, 5) is 4.11. The van der Waals surface area contributed by atoms with E-state index in [1.54, 1.807) is 17.1 Å². The molecule has 0 radical (unpaired) electrons. The molecule has 0 N–H and O–H groups in total. The lowest BCUT2D eigenvalue weighted by molar-refractivity contribution is 0.874. The number of halogens is 2. The zero-order chi connectivity index (χ0) is 9.97. The Morgan fingerprint density at radius 3 is 3.00 bits per heavy atom. The molecule has 3 nitrogen and oxygen atoms in total. The van der Waals surface area contributed by atoms with Crippen LogP contribution in [0.5, 0.6) is 0 Å². The van der Waals surface area contributed by atoms with Crippen molar-refractivity contribution in [3.05, 3.63) is 40.9 Å². The maximum Gasteiger partial charge on any atom is 0.0679 e. The summed E-state index contributed by atoms with van der Waals surface area (Å²) in [6, 6.07) is 3.79. The monoisotopic (exact) mass is 271 g/mol. The van der Waals surface area contributed by atoms with Crippen LogP contribution in [0.2, 0.25) is 0 Å². The highest BCUT2D eigenvalue weighted by Crippen LogP contribution is 2.13. The highest BCUT2D eigenvalue weighted by molar-refractivity contribution is 9.10. The molecule has 0 aromatic carbocycles. The number of alkyl halides is 1.